The molecule has 0 aromatic carbocycles. The Bertz CT molecular complexity index is 157. The minimum atomic E-state index is -0.240. The van der Waals surface area contributed by atoms with Crippen LogP contribution in [0.1, 0.15) is 6.42 Å². The third-order valence-corrected chi connectivity index (χ3v) is 1.44. The van der Waals surface area contributed by atoms with Gasteiger partial charge < -0.3 is 27.4 Å². The van der Waals surface area contributed by atoms with E-state index in [4.69, 9.17) is 5.73 Å². The molecule has 2 N–H and O–H groups in total. The Kier molecular flexibility index (Phi) is 7.21. The standard InChI is InChI=1S/C8H19N2O2.ClH/c1-10(2,3)6-7(9)5-8(11)12-4;/h7H,5-6,9H2,1-4H3;1H/q+1;/p-1/t7-;/m1./s1. The van der Waals surface area contributed by atoms with Crippen LogP contribution in [0.15, 0.2) is 0 Å². The fraction of sp³-hybridized carbons (Fsp3) is 0.875. The SMILES string of the molecule is COC(=O)C[C@@H](N)C[N+](C)(C)C.[Cl-]. The van der Waals surface area contributed by atoms with Crippen molar-refractivity contribution in [3.05, 3.63) is 0 Å². The predicted molar refractivity (Wildman–Crippen MR) is 47.5 cm³/mol. The van der Waals surface area contributed by atoms with Crippen molar-refractivity contribution in [2.75, 3.05) is 34.8 Å². The Hall–Kier alpha value is -0.320. The van der Waals surface area contributed by atoms with Gasteiger partial charge in [0.15, 0.2) is 0 Å². The molecule has 0 aliphatic carbocycles. The van der Waals surface area contributed by atoms with Gasteiger partial charge in [0.25, 0.3) is 0 Å². The zero-order valence-electron chi connectivity index (χ0n) is 8.71. The Labute approximate surface area is 86.0 Å². The van der Waals surface area contributed by atoms with Crippen LogP contribution in [0.5, 0.6) is 0 Å². The minimum Gasteiger partial charge on any atom is -1.00 e. The highest BCUT2D eigenvalue weighted by Crippen LogP contribution is 1.97. The first kappa shape index (κ1) is 15.2. The number of nitrogens with two attached hydrogens (primary N) is 1. The number of quaternary nitrogens is 1. The van der Waals surface area contributed by atoms with Crippen molar-refractivity contribution in [3.8, 4) is 0 Å². The van der Waals surface area contributed by atoms with Gasteiger partial charge in [0.2, 0.25) is 0 Å². The average Bonchev–Trinajstić information content (AvgIpc) is 1.82. The topological polar surface area (TPSA) is 52.3 Å². The second-order valence-electron chi connectivity index (χ2n) is 4.01. The first-order chi connectivity index (χ1) is 5.35. The van der Waals surface area contributed by atoms with Crippen LogP contribution in [0.4, 0.5) is 0 Å². The number of nitrogens with zero attached hydrogens (tertiary/aromatic N) is 1. The van der Waals surface area contributed by atoms with Crippen molar-refractivity contribution in [1.82, 2.24) is 0 Å². The van der Waals surface area contributed by atoms with E-state index in [0.717, 1.165) is 11.0 Å². The molecule has 0 aliphatic heterocycles. The largest absolute Gasteiger partial charge is 1.00 e. The number of esters is 1. The van der Waals surface area contributed by atoms with Gasteiger partial charge in [-0.15, -0.1) is 0 Å². The molecular formula is C8H19ClN2O2. The van der Waals surface area contributed by atoms with Crippen molar-refractivity contribution in [2.45, 2.75) is 12.5 Å². The molecule has 0 aromatic rings. The van der Waals surface area contributed by atoms with Crippen LogP contribution in [-0.2, 0) is 9.53 Å². The van der Waals surface area contributed by atoms with E-state index in [2.05, 4.69) is 4.74 Å². The van der Waals surface area contributed by atoms with Crippen LogP contribution in [-0.4, -0.2) is 51.3 Å². The summed E-state index contributed by atoms with van der Waals surface area (Å²) >= 11 is 0. The van der Waals surface area contributed by atoms with Crippen LogP contribution in [0.25, 0.3) is 0 Å². The third-order valence-electron chi connectivity index (χ3n) is 1.44. The van der Waals surface area contributed by atoms with Gasteiger partial charge in [-0.05, 0) is 0 Å². The Morgan fingerprint density at radius 3 is 2.23 bits per heavy atom. The second-order valence-corrected chi connectivity index (χ2v) is 4.01. The predicted octanol–water partition coefficient (Wildman–Crippen LogP) is -3.41. The van der Waals surface area contributed by atoms with Crippen molar-refractivity contribution in [3.63, 3.8) is 0 Å². The second kappa shape index (κ2) is 6.18. The van der Waals surface area contributed by atoms with E-state index in [1.807, 2.05) is 21.1 Å². The highest BCUT2D eigenvalue weighted by molar-refractivity contribution is 5.69. The van der Waals surface area contributed by atoms with Gasteiger partial charge >= 0.3 is 5.97 Å². The number of rotatable bonds is 4. The van der Waals surface area contributed by atoms with E-state index in [9.17, 15) is 4.79 Å². The summed E-state index contributed by atoms with van der Waals surface area (Å²) < 4.78 is 5.27. The molecule has 0 aromatic heterocycles. The molecule has 0 saturated carbocycles. The molecule has 0 unspecified atom stereocenters. The lowest BCUT2D eigenvalue weighted by Crippen LogP contribution is -3.00. The Balaban J connectivity index is 0. The summed E-state index contributed by atoms with van der Waals surface area (Å²) in [4.78, 5) is 10.8. The first-order valence-electron chi connectivity index (χ1n) is 3.98. The van der Waals surface area contributed by atoms with E-state index in [1.54, 1.807) is 0 Å². The number of likely N-dealkylation sites (N-methyl/N-ethyl adjacent to an activating group) is 1. The van der Waals surface area contributed by atoms with Crippen LogP contribution in [0.3, 0.4) is 0 Å². The minimum absolute atomic E-state index is 0. The molecule has 0 fully saturated rings. The van der Waals surface area contributed by atoms with E-state index in [0.29, 0.717) is 6.42 Å². The van der Waals surface area contributed by atoms with Crippen molar-refractivity contribution in [1.29, 1.82) is 0 Å². The molecule has 0 heterocycles. The zero-order valence-corrected chi connectivity index (χ0v) is 9.47. The molecule has 5 heteroatoms. The quantitative estimate of drug-likeness (QED) is 0.389. The molecule has 0 amide bonds. The summed E-state index contributed by atoms with van der Waals surface area (Å²) in [5, 5.41) is 0. The number of hydrogen-bond donors (Lipinski definition) is 1. The lowest BCUT2D eigenvalue weighted by atomic mass is 10.2. The summed E-state index contributed by atoms with van der Waals surface area (Å²) in [6.45, 7) is 0.773. The van der Waals surface area contributed by atoms with Crippen LogP contribution in [0, 0.1) is 0 Å². The van der Waals surface area contributed by atoms with Gasteiger partial charge in [-0.3, -0.25) is 4.79 Å². The van der Waals surface area contributed by atoms with Gasteiger partial charge in [0.1, 0.15) is 0 Å². The number of hydrogen-bond acceptors (Lipinski definition) is 3. The Morgan fingerprint density at radius 1 is 1.46 bits per heavy atom. The number of carbonyl (C=O) groups is 1. The smallest absolute Gasteiger partial charge is 0.307 e. The molecule has 0 saturated heterocycles. The monoisotopic (exact) mass is 210 g/mol. The van der Waals surface area contributed by atoms with E-state index >= 15 is 0 Å². The molecule has 13 heavy (non-hydrogen) atoms. The number of methoxy groups -OCH3 is 1. The van der Waals surface area contributed by atoms with Crippen LogP contribution < -0.4 is 18.1 Å². The molecule has 0 radical (unpaired) electrons. The highest BCUT2D eigenvalue weighted by atomic mass is 35.5. The van der Waals surface area contributed by atoms with Gasteiger partial charge in [-0.1, -0.05) is 0 Å². The number of carbonyl (C=O) groups excluding carboxylic acids is 1. The molecule has 1 atom stereocenters. The molecule has 0 bridgehead atoms. The molecule has 0 spiro atoms. The molecular weight excluding hydrogens is 192 g/mol. The van der Waals surface area contributed by atoms with E-state index in [1.165, 1.54) is 7.11 Å². The maximum absolute atomic E-state index is 10.8. The van der Waals surface area contributed by atoms with Crippen LogP contribution >= 0.6 is 0 Å². The average molecular weight is 211 g/mol. The first-order valence-corrected chi connectivity index (χ1v) is 3.98. The highest BCUT2D eigenvalue weighted by Gasteiger charge is 2.17. The lowest BCUT2D eigenvalue weighted by Gasteiger charge is -2.26. The molecule has 4 nitrogen and oxygen atoms in total. The summed E-state index contributed by atoms with van der Waals surface area (Å²) in [6, 6.07) is -0.113. The fourth-order valence-corrected chi connectivity index (χ4v) is 1.07. The fourth-order valence-electron chi connectivity index (χ4n) is 1.07. The summed E-state index contributed by atoms with van der Waals surface area (Å²) in [5.74, 6) is -0.240. The van der Waals surface area contributed by atoms with Gasteiger partial charge in [-0.2, -0.15) is 0 Å². The third kappa shape index (κ3) is 9.60. The van der Waals surface area contributed by atoms with Gasteiger partial charge in [-0.25, -0.2) is 0 Å². The number of ether oxygens (including phenoxy) is 1. The van der Waals surface area contributed by atoms with Crippen LogP contribution in [0.2, 0.25) is 0 Å². The van der Waals surface area contributed by atoms with Gasteiger partial charge in [0, 0.05) is 0 Å². The van der Waals surface area contributed by atoms with E-state index < -0.39 is 0 Å². The van der Waals surface area contributed by atoms with E-state index in [-0.39, 0.29) is 24.4 Å². The molecule has 80 valence electrons. The maximum atomic E-state index is 10.8. The van der Waals surface area contributed by atoms with Crippen molar-refractivity contribution in [2.24, 2.45) is 5.73 Å². The maximum Gasteiger partial charge on any atom is 0.307 e. The number of halogens is 1. The van der Waals surface area contributed by atoms with Crippen molar-refractivity contribution >= 4 is 5.97 Å². The summed E-state index contributed by atoms with van der Waals surface area (Å²) in [6.07, 6.45) is 0.298. The van der Waals surface area contributed by atoms with Crippen molar-refractivity contribution < 1.29 is 26.4 Å². The molecule has 0 rings (SSSR count). The zero-order chi connectivity index (χ0) is 9.78. The van der Waals surface area contributed by atoms with Gasteiger partial charge in [0.05, 0.1) is 47.3 Å². The summed E-state index contributed by atoms with van der Waals surface area (Å²) in [5.41, 5.74) is 5.72. The molecule has 0 aliphatic rings. The lowest BCUT2D eigenvalue weighted by molar-refractivity contribution is -0.871. The normalized spacial score (nSPS) is 13.0. The Morgan fingerprint density at radius 2 is 1.92 bits per heavy atom. The summed E-state index contributed by atoms with van der Waals surface area (Å²) in [7, 11) is 7.49.